The van der Waals surface area contributed by atoms with Crippen molar-refractivity contribution in [2.75, 3.05) is 0 Å². The Balaban J connectivity index is 1.69. The molecule has 0 atom stereocenters. The lowest BCUT2D eigenvalue weighted by molar-refractivity contribution is 0.728. The first-order chi connectivity index (χ1) is 11.3. The minimum Gasteiger partial charge on any atom is -0.293 e. The van der Waals surface area contributed by atoms with E-state index in [-0.39, 0.29) is 5.69 Å². The molecule has 2 heterocycles. The van der Waals surface area contributed by atoms with Gasteiger partial charge < -0.3 is 0 Å². The van der Waals surface area contributed by atoms with Crippen molar-refractivity contribution < 1.29 is 0 Å². The zero-order chi connectivity index (χ0) is 15.6. The summed E-state index contributed by atoms with van der Waals surface area (Å²) in [5, 5.41) is 1.10. The molecule has 0 aliphatic carbocycles. The maximum absolute atomic E-state index is 12.5. The standard InChI is InChI=1S/C19H15N3O/c23-19-21(12-13-22(19)17-7-2-1-3-8-17)14-16-11-10-15-6-4-5-9-18(15)20-16/h1-13H,14H2. The van der Waals surface area contributed by atoms with E-state index in [4.69, 9.17) is 0 Å². The van der Waals surface area contributed by atoms with Gasteiger partial charge in [0.15, 0.2) is 0 Å². The number of imidazole rings is 1. The summed E-state index contributed by atoms with van der Waals surface area (Å²) < 4.78 is 3.31. The molecule has 0 spiro atoms. The third-order valence-electron chi connectivity index (χ3n) is 3.87. The second-order valence-electron chi connectivity index (χ2n) is 5.41. The molecule has 112 valence electrons. The lowest BCUT2D eigenvalue weighted by Crippen LogP contribution is -2.23. The molecule has 0 saturated heterocycles. The average Bonchev–Trinajstić information content (AvgIpc) is 2.96. The summed E-state index contributed by atoms with van der Waals surface area (Å²) in [6.07, 6.45) is 3.59. The van der Waals surface area contributed by atoms with Gasteiger partial charge in [0.1, 0.15) is 0 Å². The topological polar surface area (TPSA) is 39.8 Å². The minimum absolute atomic E-state index is 0.0637. The van der Waals surface area contributed by atoms with E-state index in [1.54, 1.807) is 21.5 Å². The fourth-order valence-corrected chi connectivity index (χ4v) is 2.69. The number of rotatable bonds is 3. The quantitative estimate of drug-likeness (QED) is 0.583. The Hall–Kier alpha value is -3.14. The maximum atomic E-state index is 12.5. The highest BCUT2D eigenvalue weighted by atomic mass is 16.1. The maximum Gasteiger partial charge on any atom is 0.333 e. The van der Waals surface area contributed by atoms with Gasteiger partial charge in [-0.2, -0.15) is 0 Å². The molecule has 4 heteroatoms. The van der Waals surface area contributed by atoms with Gasteiger partial charge >= 0.3 is 5.69 Å². The molecule has 0 bridgehead atoms. The Kier molecular flexibility index (Phi) is 3.27. The Morgan fingerprint density at radius 3 is 2.48 bits per heavy atom. The fraction of sp³-hybridized carbons (Fsp3) is 0.0526. The normalized spacial score (nSPS) is 11.0. The van der Waals surface area contributed by atoms with Crippen molar-refractivity contribution in [3.8, 4) is 5.69 Å². The number of benzene rings is 2. The zero-order valence-corrected chi connectivity index (χ0v) is 12.5. The van der Waals surface area contributed by atoms with Crippen LogP contribution in [0.3, 0.4) is 0 Å². The van der Waals surface area contributed by atoms with Crippen molar-refractivity contribution in [1.29, 1.82) is 0 Å². The van der Waals surface area contributed by atoms with Crippen molar-refractivity contribution in [1.82, 2.24) is 14.1 Å². The van der Waals surface area contributed by atoms with Crippen LogP contribution in [0.2, 0.25) is 0 Å². The second kappa shape index (κ2) is 5.57. The summed E-state index contributed by atoms with van der Waals surface area (Å²) in [6, 6.07) is 21.6. The molecule has 0 aliphatic rings. The van der Waals surface area contributed by atoms with Gasteiger partial charge in [-0.3, -0.25) is 14.1 Å². The van der Waals surface area contributed by atoms with Crippen molar-refractivity contribution in [2.45, 2.75) is 6.54 Å². The number of pyridine rings is 1. The largest absolute Gasteiger partial charge is 0.333 e. The summed E-state index contributed by atoms with van der Waals surface area (Å²) in [7, 11) is 0. The summed E-state index contributed by atoms with van der Waals surface area (Å²) >= 11 is 0. The Morgan fingerprint density at radius 2 is 1.61 bits per heavy atom. The Labute approximate surface area is 133 Å². The lowest BCUT2D eigenvalue weighted by Gasteiger charge is -2.04. The Morgan fingerprint density at radius 1 is 0.826 bits per heavy atom. The van der Waals surface area contributed by atoms with Crippen molar-refractivity contribution in [3.63, 3.8) is 0 Å². The number of hydrogen-bond donors (Lipinski definition) is 0. The van der Waals surface area contributed by atoms with Gasteiger partial charge in [-0.25, -0.2) is 4.79 Å². The number of hydrogen-bond acceptors (Lipinski definition) is 2. The summed E-state index contributed by atoms with van der Waals surface area (Å²) in [4.78, 5) is 17.2. The molecule has 4 nitrogen and oxygen atoms in total. The highest BCUT2D eigenvalue weighted by Crippen LogP contribution is 2.12. The molecule has 0 amide bonds. The molecule has 2 aromatic heterocycles. The number of aromatic nitrogens is 3. The van der Waals surface area contributed by atoms with Crippen molar-refractivity contribution in [3.05, 3.63) is 95.3 Å². The number of fused-ring (bicyclic) bond motifs is 1. The average molecular weight is 301 g/mol. The van der Waals surface area contributed by atoms with Crippen LogP contribution in [-0.2, 0) is 6.54 Å². The fourth-order valence-electron chi connectivity index (χ4n) is 2.69. The SMILES string of the molecule is O=c1n(Cc2ccc3ccccc3n2)ccn1-c1ccccc1. The molecule has 0 N–H and O–H groups in total. The molecule has 0 aliphatic heterocycles. The predicted molar refractivity (Wildman–Crippen MR) is 90.9 cm³/mol. The third-order valence-corrected chi connectivity index (χ3v) is 3.87. The molecule has 4 aromatic rings. The monoisotopic (exact) mass is 301 g/mol. The molecule has 0 fully saturated rings. The van der Waals surface area contributed by atoms with Gasteiger partial charge in [0.2, 0.25) is 0 Å². The molecule has 0 radical (unpaired) electrons. The third kappa shape index (κ3) is 2.55. The van der Waals surface area contributed by atoms with E-state index in [2.05, 4.69) is 4.98 Å². The zero-order valence-electron chi connectivity index (χ0n) is 12.5. The Bertz CT molecular complexity index is 1020. The van der Waals surface area contributed by atoms with E-state index < -0.39 is 0 Å². The summed E-state index contributed by atoms with van der Waals surface area (Å²) in [5.41, 5.74) is 2.62. The van der Waals surface area contributed by atoms with E-state index in [9.17, 15) is 4.79 Å². The summed E-state index contributed by atoms with van der Waals surface area (Å²) in [5.74, 6) is 0. The van der Waals surface area contributed by atoms with Gasteiger partial charge in [-0.15, -0.1) is 0 Å². The van der Waals surface area contributed by atoms with Crippen LogP contribution in [0.15, 0.2) is 83.9 Å². The van der Waals surface area contributed by atoms with Crippen LogP contribution >= 0.6 is 0 Å². The van der Waals surface area contributed by atoms with E-state index in [1.165, 1.54) is 0 Å². The first-order valence-corrected chi connectivity index (χ1v) is 7.49. The van der Waals surface area contributed by atoms with Gasteiger partial charge in [-0.1, -0.05) is 42.5 Å². The van der Waals surface area contributed by atoms with Gasteiger partial charge in [0.05, 0.1) is 23.4 Å². The molecule has 0 saturated carbocycles. The van der Waals surface area contributed by atoms with Crippen molar-refractivity contribution >= 4 is 10.9 Å². The van der Waals surface area contributed by atoms with E-state index >= 15 is 0 Å². The molecule has 4 rings (SSSR count). The smallest absolute Gasteiger partial charge is 0.293 e. The van der Waals surface area contributed by atoms with Crippen molar-refractivity contribution in [2.24, 2.45) is 0 Å². The number of nitrogens with zero attached hydrogens (tertiary/aromatic N) is 3. The van der Waals surface area contributed by atoms with E-state index in [0.717, 1.165) is 22.3 Å². The summed E-state index contributed by atoms with van der Waals surface area (Å²) in [6.45, 7) is 0.462. The molecule has 23 heavy (non-hydrogen) atoms. The molecule has 0 unspecified atom stereocenters. The van der Waals surface area contributed by atoms with Gasteiger partial charge in [-0.05, 0) is 24.3 Å². The molecule has 2 aromatic carbocycles. The lowest BCUT2D eigenvalue weighted by atomic mass is 10.2. The van der Waals surface area contributed by atoms with Gasteiger partial charge in [0.25, 0.3) is 0 Å². The second-order valence-corrected chi connectivity index (χ2v) is 5.41. The predicted octanol–water partition coefficient (Wildman–Crippen LogP) is 3.24. The first-order valence-electron chi connectivity index (χ1n) is 7.49. The van der Waals surface area contributed by atoms with E-state index in [1.807, 2.05) is 66.7 Å². The van der Waals surface area contributed by atoms with Crippen LogP contribution in [0.1, 0.15) is 5.69 Å². The van der Waals surface area contributed by atoms with Crippen LogP contribution in [0.5, 0.6) is 0 Å². The van der Waals surface area contributed by atoms with Crippen LogP contribution in [0, 0.1) is 0 Å². The minimum atomic E-state index is -0.0637. The van der Waals surface area contributed by atoms with Crippen LogP contribution in [-0.4, -0.2) is 14.1 Å². The number of para-hydroxylation sites is 2. The van der Waals surface area contributed by atoms with Gasteiger partial charge in [0, 0.05) is 17.8 Å². The molecular weight excluding hydrogens is 286 g/mol. The van der Waals surface area contributed by atoms with Crippen LogP contribution in [0.25, 0.3) is 16.6 Å². The molecular formula is C19H15N3O. The highest BCUT2D eigenvalue weighted by molar-refractivity contribution is 5.78. The first kappa shape index (κ1) is 13.5. The van der Waals surface area contributed by atoms with E-state index in [0.29, 0.717) is 6.54 Å². The van der Waals surface area contributed by atoms with Crippen LogP contribution in [0.4, 0.5) is 0 Å². The van der Waals surface area contributed by atoms with Crippen LogP contribution < -0.4 is 5.69 Å². The highest BCUT2D eigenvalue weighted by Gasteiger charge is 2.06.